The number of rotatable bonds is 5. The molecule has 0 amide bonds. The molecule has 0 aliphatic rings. The van der Waals surface area contributed by atoms with Crippen LogP contribution in [0.5, 0.6) is 0 Å². The van der Waals surface area contributed by atoms with Crippen molar-refractivity contribution in [3.05, 3.63) is 64.7 Å². The first-order valence-electron chi connectivity index (χ1n) is 8.32. The van der Waals surface area contributed by atoms with Crippen molar-refractivity contribution in [2.24, 2.45) is 0 Å². The minimum atomic E-state index is -0.0774. The Morgan fingerprint density at radius 2 is 1.80 bits per heavy atom. The fourth-order valence-electron chi connectivity index (χ4n) is 2.96. The van der Waals surface area contributed by atoms with Gasteiger partial charge in [0.15, 0.2) is 5.16 Å². The summed E-state index contributed by atoms with van der Waals surface area (Å²) in [5.74, 6) is 1.53. The lowest BCUT2D eigenvalue weighted by Crippen LogP contribution is -2.12. The summed E-state index contributed by atoms with van der Waals surface area (Å²) in [4.78, 5) is 24.3. The summed E-state index contributed by atoms with van der Waals surface area (Å²) in [6.07, 6.45) is 0.692. The number of hydrogen-bond acceptors (Lipinski definition) is 4. The number of nitrogens with zero attached hydrogens (tertiary/aromatic N) is 3. The van der Waals surface area contributed by atoms with Crippen molar-refractivity contribution in [1.29, 1.82) is 0 Å². The molecule has 1 N–H and O–H groups in total. The molecule has 0 fully saturated rings. The summed E-state index contributed by atoms with van der Waals surface area (Å²) in [7, 11) is 0. The van der Waals surface area contributed by atoms with E-state index in [-0.39, 0.29) is 5.56 Å². The van der Waals surface area contributed by atoms with Crippen LogP contribution in [0, 0.1) is 0 Å². The Bertz CT molecular complexity index is 1100. The van der Waals surface area contributed by atoms with E-state index in [2.05, 4.69) is 27.5 Å². The second kappa shape index (κ2) is 6.72. The lowest BCUT2D eigenvalue weighted by Gasteiger charge is -2.06. The number of H-pyrrole nitrogens is 1. The van der Waals surface area contributed by atoms with Crippen LogP contribution in [0.15, 0.2) is 58.5 Å². The smallest absolute Gasteiger partial charge is 0.258 e. The van der Waals surface area contributed by atoms with Gasteiger partial charge in [-0.15, -0.1) is 0 Å². The van der Waals surface area contributed by atoms with E-state index in [1.807, 2.05) is 36.4 Å². The van der Waals surface area contributed by atoms with Gasteiger partial charge in [-0.05, 0) is 31.2 Å². The predicted molar refractivity (Wildman–Crippen MR) is 102 cm³/mol. The van der Waals surface area contributed by atoms with Crippen molar-refractivity contribution in [3.8, 4) is 0 Å². The number of aromatic nitrogens is 4. The van der Waals surface area contributed by atoms with Crippen LogP contribution < -0.4 is 5.56 Å². The normalized spacial score (nSPS) is 11.4. The number of para-hydroxylation sites is 3. The molecule has 0 radical (unpaired) electrons. The standard InChI is InChI=1S/C19H18N4OS/c1-2-23-16-10-6-5-9-15(16)21-19(23)25-12-11-17-20-14-8-4-3-7-13(14)18(24)22-17/h3-10H,2,11-12H2,1H3,(H,20,22,24). The fraction of sp³-hybridized carbons (Fsp3) is 0.211. The molecule has 2 aromatic carbocycles. The maximum absolute atomic E-state index is 12.1. The Kier molecular flexibility index (Phi) is 4.28. The molecule has 0 saturated carbocycles. The number of fused-ring (bicyclic) bond motifs is 2. The van der Waals surface area contributed by atoms with Gasteiger partial charge in [0, 0.05) is 18.7 Å². The highest BCUT2D eigenvalue weighted by atomic mass is 32.2. The number of imidazole rings is 1. The van der Waals surface area contributed by atoms with E-state index in [0.717, 1.165) is 39.8 Å². The quantitative estimate of drug-likeness (QED) is 0.558. The SMILES string of the molecule is CCn1c(SCCc2nc3ccccc3c(=O)[nH]2)nc2ccccc21. The molecule has 126 valence electrons. The van der Waals surface area contributed by atoms with Crippen LogP contribution in [-0.2, 0) is 13.0 Å². The van der Waals surface area contributed by atoms with Gasteiger partial charge >= 0.3 is 0 Å². The molecule has 5 nitrogen and oxygen atoms in total. The highest BCUT2D eigenvalue weighted by Gasteiger charge is 2.10. The first-order valence-corrected chi connectivity index (χ1v) is 9.31. The first kappa shape index (κ1) is 15.9. The van der Waals surface area contributed by atoms with Gasteiger partial charge < -0.3 is 9.55 Å². The molecule has 2 heterocycles. The van der Waals surface area contributed by atoms with Crippen LogP contribution in [0.25, 0.3) is 21.9 Å². The lowest BCUT2D eigenvalue weighted by molar-refractivity contribution is 0.702. The second-order valence-electron chi connectivity index (χ2n) is 5.76. The number of thioether (sulfide) groups is 1. The third-order valence-electron chi connectivity index (χ3n) is 4.17. The molecule has 0 spiro atoms. The fourth-order valence-corrected chi connectivity index (χ4v) is 3.99. The molecule has 6 heteroatoms. The maximum Gasteiger partial charge on any atom is 0.258 e. The molecule has 0 bridgehead atoms. The van der Waals surface area contributed by atoms with Gasteiger partial charge in [-0.2, -0.15) is 0 Å². The highest BCUT2D eigenvalue weighted by molar-refractivity contribution is 7.99. The van der Waals surface area contributed by atoms with E-state index in [1.54, 1.807) is 17.8 Å². The van der Waals surface area contributed by atoms with Crippen LogP contribution in [0.2, 0.25) is 0 Å². The van der Waals surface area contributed by atoms with Gasteiger partial charge in [0.05, 0.1) is 21.9 Å². The van der Waals surface area contributed by atoms with E-state index < -0.39 is 0 Å². The molecule has 0 unspecified atom stereocenters. The van der Waals surface area contributed by atoms with Crippen molar-refractivity contribution in [2.75, 3.05) is 5.75 Å². The number of aryl methyl sites for hydroxylation is 2. The summed E-state index contributed by atoms with van der Waals surface area (Å²) in [6.45, 7) is 3.01. The van der Waals surface area contributed by atoms with Gasteiger partial charge in [-0.25, -0.2) is 9.97 Å². The third-order valence-corrected chi connectivity index (χ3v) is 5.15. The zero-order chi connectivity index (χ0) is 17.2. The van der Waals surface area contributed by atoms with Crippen LogP contribution in [-0.4, -0.2) is 25.3 Å². The number of benzene rings is 2. The highest BCUT2D eigenvalue weighted by Crippen LogP contribution is 2.24. The van der Waals surface area contributed by atoms with Crippen molar-refractivity contribution >= 4 is 33.7 Å². The summed E-state index contributed by atoms with van der Waals surface area (Å²) in [5, 5.41) is 1.64. The van der Waals surface area contributed by atoms with Gasteiger partial charge in [-0.3, -0.25) is 4.79 Å². The summed E-state index contributed by atoms with van der Waals surface area (Å²) < 4.78 is 2.22. The lowest BCUT2D eigenvalue weighted by atomic mass is 10.2. The van der Waals surface area contributed by atoms with Crippen LogP contribution in [0.3, 0.4) is 0 Å². The minimum absolute atomic E-state index is 0.0774. The summed E-state index contributed by atoms with van der Waals surface area (Å²) in [6, 6.07) is 15.6. The minimum Gasteiger partial charge on any atom is -0.319 e. The monoisotopic (exact) mass is 350 g/mol. The molecule has 0 atom stereocenters. The van der Waals surface area contributed by atoms with E-state index in [4.69, 9.17) is 4.98 Å². The van der Waals surface area contributed by atoms with Crippen molar-refractivity contribution in [2.45, 2.75) is 25.0 Å². The van der Waals surface area contributed by atoms with E-state index in [0.29, 0.717) is 11.8 Å². The molecular formula is C19H18N4OS. The van der Waals surface area contributed by atoms with Crippen LogP contribution in [0.4, 0.5) is 0 Å². The second-order valence-corrected chi connectivity index (χ2v) is 6.82. The van der Waals surface area contributed by atoms with E-state index >= 15 is 0 Å². The molecule has 4 rings (SSSR count). The summed E-state index contributed by atoms with van der Waals surface area (Å²) >= 11 is 1.69. The Morgan fingerprint density at radius 1 is 1.04 bits per heavy atom. The predicted octanol–water partition coefficient (Wildman–Crippen LogP) is 3.63. The van der Waals surface area contributed by atoms with Crippen molar-refractivity contribution in [3.63, 3.8) is 0 Å². The van der Waals surface area contributed by atoms with Gasteiger partial charge in [0.2, 0.25) is 0 Å². The molecule has 0 aliphatic heterocycles. The third kappa shape index (κ3) is 3.05. The van der Waals surface area contributed by atoms with Crippen molar-refractivity contribution in [1.82, 2.24) is 19.5 Å². The van der Waals surface area contributed by atoms with Gasteiger partial charge in [0.25, 0.3) is 5.56 Å². The van der Waals surface area contributed by atoms with E-state index in [1.165, 1.54) is 0 Å². The Balaban J connectivity index is 1.54. The number of nitrogens with one attached hydrogen (secondary N) is 1. The maximum atomic E-state index is 12.1. The topological polar surface area (TPSA) is 63.6 Å². The average molecular weight is 350 g/mol. The average Bonchev–Trinajstić information content (AvgIpc) is 2.99. The Labute approximate surface area is 149 Å². The molecule has 2 aromatic heterocycles. The Morgan fingerprint density at radius 3 is 2.64 bits per heavy atom. The van der Waals surface area contributed by atoms with E-state index in [9.17, 15) is 4.79 Å². The molecule has 0 aliphatic carbocycles. The molecular weight excluding hydrogens is 332 g/mol. The Hall–Kier alpha value is -2.60. The first-order chi connectivity index (χ1) is 12.3. The van der Waals surface area contributed by atoms with Crippen molar-refractivity contribution < 1.29 is 0 Å². The van der Waals surface area contributed by atoms with Crippen LogP contribution >= 0.6 is 11.8 Å². The molecule has 0 saturated heterocycles. The summed E-state index contributed by atoms with van der Waals surface area (Å²) in [5.41, 5.74) is 2.84. The largest absolute Gasteiger partial charge is 0.319 e. The zero-order valence-electron chi connectivity index (χ0n) is 13.9. The number of hydrogen-bond donors (Lipinski definition) is 1. The molecule has 4 aromatic rings. The van der Waals surface area contributed by atoms with Gasteiger partial charge in [-0.1, -0.05) is 36.0 Å². The zero-order valence-corrected chi connectivity index (χ0v) is 14.7. The van der Waals surface area contributed by atoms with Gasteiger partial charge in [0.1, 0.15) is 5.82 Å². The van der Waals surface area contributed by atoms with Crippen LogP contribution in [0.1, 0.15) is 12.7 Å². The number of aromatic amines is 1. The molecule has 25 heavy (non-hydrogen) atoms.